The number of nitrogens with one attached hydrogen (secondary N) is 1. The quantitative estimate of drug-likeness (QED) is 0.109. The molecule has 3 saturated heterocycles. The van der Waals surface area contributed by atoms with Crippen LogP contribution in [0.4, 0.5) is 11.8 Å². The summed E-state index contributed by atoms with van der Waals surface area (Å²) in [5.41, 5.74) is 11.1. The number of phosphoric ester groups is 1. The Morgan fingerprint density at radius 1 is 0.889 bits per heavy atom. The number of H-pyrrole nitrogens is 1. The van der Waals surface area contributed by atoms with E-state index < -0.39 is 82.4 Å². The fourth-order valence-electron chi connectivity index (χ4n) is 5.30. The van der Waals surface area contributed by atoms with Crippen LogP contribution in [0.3, 0.4) is 0 Å². The number of nitrogens with two attached hydrogens (primary N) is 2. The number of hydrogen-bond donors (Lipinski definition) is 7. The molecule has 25 heteroatoms. The van der Waals surface area contributed by atoms with E-state index in [0.29, 0.717) is 0 Å². The molecule has 7 rings (SSSR count). The van der Waals surface area contributed by atoms with Crippen LogP contribution in [0.15, 0.2) is 23.8 Å². The standard InChI is InChI=1S/C20H24N10O12P2S/c21-14-8-15(24-3-23-14)29(4-25-8)18-11(32)12-7(40-18)2-38-44(36,45)42-13-10(31)6(1-37-43(34,35)41-12)39-19(13)30-5-26-9-16(30)27-20(22)28-17(9)33/h3-7,10-13,18-19,31-32H,1-2H2,(H,34,35)(H,36,45)(H2,21,23,24)(H3,22,27,28,33)/t6-,7-,10?,11?,12?,13?,18-,19-,44?/m1/s1. The average Bonchev–Trinajstić information content (AvgIpc) is 3.72. The van der Waals surface area contributed by atoms with Crippen LogP contribution in [0, 0.1) is 0 Å². The lowest BCUT2D eigenvalue weighted by Crippen LogP contribution is -2.36. The number of nitrogen functional groups attached to an aromatic ring is 2. The molecule has 3 aliphatic heterocycles. The highest BCUT2D eigenvalue weighted by Crippen LogP contribution is 2.53. The summed E-state index contributed by atoms with van der Waals surface area (Å²) in [5.74, 6) is -0.181. The third kappa shape index (κ3) is 5.44. The van der Waals surface area contributed by atoms with E-state index in [9.17, 15) is 29.4 Å². The maximum absolute atomic E-state index is 13.1. The van der Waals surface area contributed by atoms with E-state index in [1.807, 2.05) is 0 Å². The van der Waals surface area contributed by atoms with Crippen molar-refractivity contribution in [2.75, 3.05) is 24.7 Å². The molecule has 0 aromatic carbocycles. The van der Waals surface area contributed by atoms with Crippen molar-refractivity contribution in [3.05, 3.63) is 29.3 Å². The van der Waals surface area contributed by atoms with Gasteiger partial charge in [-0.3, -0.25) is 32.5 Å². The van der Waals surface area contributed by atoms with Gasteiger partial charge in [0.2, 0.25) is 5.95 Å². The largest absolute Gasteiger partial charge is 0.472 e. The van der Waals surface area contributed by atoms with E-state index in [1.54, 1.807) is 0 Å². The molecule has 0 aliphatic carbocycles. The van der Waals surface area contributed by atoms with E-state index in [4.69, 9.17) is 50.8 Å². The molecule has 0 amide bonds. The maximum Gasteiger partial charge on any atom is 0.472 e. The van der Waals surface area contributed by atoms with Crippen LogP contribution >= 0.6 is 14.5 Å². The molecule has 45 heavy (non-hydrogen) atoms. The molecule has 10 atom stereocenters. The highest BCUT2D eigenvalue weighted by molar-refractivity contribution is 8.07. The molecule has 4 aromatic rings. The van der Waals surface area contributed by atoms with Crippen molar-refractivity contribution < 1.29 is 52.1 Å². The van der Waals surface area contributed by atoms with E-state index >= 15 is 0 Å². The van der Waals surface area contributed by atoms with Crippen molar-refractivity contribution in [3.63, 3.8) is 0 Å². The fourth-order valence-corrected chi connectivity index (χ4v) is 7.67. The molecule has 22 nitrogen and oxygen atoms in total. The summed E-state index contributed by atoms with van der Waals surface area (Å²) in [6.45, 7) is -5.66. The predicted molar refractivity (Wildman–Crippen MR) is 150 cm³/mol. The molecule has 0 saturated carbocycles. The normalized spacial score (nSPS) is 37.7. The number of rotatable bonds is 2. The molecule has 242 valence electrons. The molecule has 4 aromatic heterocycles. The minimum Gasteiger partial charge on any atom is -0.387 e. The predicted octanol–water partition coefficient (Wildman–Crippen LogP) is -2.23. The number of aromatic nitrogens is 8. The van der Waals surface area contributed by atoms with Gasteiger partial charge in [-0.05, 0) is 11.8 Å². The molecule has 3 aliphatic rings. The van der Waals surface area contributed by atoms with E-state index in [-0.39, 0.29) is 34.1 Å². The number of hydrogen-bond acceptors (Lipinski definition) is 18. The summed E-state index contributed by atoms with van der Waals surface area (Å²) in [6.07, 6.45) is -8.14. The number of aromatic amines is 1. The zero-order valence-corrected chi connectivity index (χ0v) is 25.0. The first-order valence-corrected chi connectivity index (χ1v) is 17.0. The van der Waals surface area contributed by atoms with Crippen molar-refractivity contribution in [1.82, 2.24) is 39.0 Å². The number of ether oxygens (including phenoxy) is 2. The molecule has 7 heterocycles. The van der Waals surface area contributed by atoms with Crippen molar-refractivity contribution in [3.8, 4) is 0 Å². The van der Waals surface area contributed by atoms with Crippen LogP contribution in [0.5, 0.6) is 0 Å². The van der Waals surface area contributed by atoms with Gasteiger partial charge in [-0.15, -0.1) is 0 Å². The van der Waals surface area contributed by atoms with Gasteiger partial charge in [0.1, 0.15) is 48.5 Å². The van der Waals surface area contributed by atoms with Crippen LogP contribution in [0.25, 0.3) is 22.3 Å². The number of fused-ring (bicyclic) bond motifs is 5. The number of phosphoric acid groups is 1. The van der Waals surface area contributed by atoms with Gasteiger partial charge >= 0.3 is 14.5 Å². The third-order valence-corrected chi connectivity index (χ3v) is 9.87. The smallest absolute Gasteiger partial charge is 0.387 e. The first-order valence-electron chi connectivity index (χ1n) is 13.0. The van der Waals surface area contributed by atoms with Crippen molar-refractivity contribution >= 4 is 60.4 Å². The van der Waals surface area contributed by atoms with Gasteiger partial charge in [0, 0.05) is 0 Å². The van der Waals surface area contributed by atoms with Gasteiger partial charge in [-0.25, -0.2) is 24.5 Å². The number of aliphatic hydroxyl groups is 2. The number of aliphatic hydroxyl groups excluding tert-OH is 2. The van der Waals surface area contributed by atoms with Gasteiger partial charge in [-0.2, -0.15) is 4.98 Å². The van der Waals surface area contributed by atoms with Crippen molar-refractivity contribution in [2.24, 2.45) is 0 Å². The Labute approximate surface area is 254 Å². The summed E-state index contributed by atoms with van der Waals surface area (Å²) < 4.78 is 49.1. The molecular formula is C20H24N10O12P2S. The zero-order valence-electron chi connectivity index (χ0n) is 22.4. The first-order chi connectivity index (χ1) is 21.3. The molecule has 9 N–H and O–H groups in total. The van der Waals surface area contributed by atoms with Crippen LogP contribution < -0.4 is 17.0 Å². The van der Waals surface area contributed by atoms with Gasteiger partial charge in [-0.1, -0.05) is 0 Å². The Balaban J connectivity index is 1.21. The Hall–Kier alpha value is -3.02. The SMILES string of the molecule is Nc1nc2c(ncn2[C@@H]2O[C@@H]3COP(=O)(O)OC4C(O)[C@H](n5cnc6c(N)ncnc65)O[C@@H]4COP(O)(=S)OC2C3O)c(=O)[nH]1. The second-order valence-electron chi connectivity index (χ2n) is 10.1. The lowest BCUT2D eigenvalue weighted by atomic mass is 10.1. The van der Waals surface area contributed by atoms with E-state index in [0.717, 1.165) is 6.33 Å². The van der Waals surface area contributed by atoms with E-state index in [2.05, 4.69) is 29.9 Å². The van der Waals surface area contributed by atoms with Crippen LogP contribution in [-0.4, -0.2) is 109 Å². The summed E-state index contributed by atoms with van der Waals surface area (Å²) in [4.78, 5) is 56.5. The molecule has 6 unspecified atom stereocenters. The monoisotopic (exact) mass is 690 g/mol. The summed E-state index contributed by atoms with van der Waals surface area (Å²) in [6, 6.07) is 0. The lowest BCUT2D eigenvalue weighted by Gasteiger charge is -2.27. The number of nitrogens with zero attached hydrogens (tertiary/aromatic N) is 7. The van der Waals surface area contributed by atoms with Gasteiger partial charge in [0.15, 0.2) is 35.1 Å². The maximum atomic E-state index is 13.1. The second kappa shape index (κ2) is 11.1. The van der Waals surface area contributed by atoms with Gasteiger partial charge in [0.25, 0.3) is 5.56 Å². The van der Waals surface area contributed by atoms with Crippen molar-refractivity contribution in [1.29, 1.82) is 0 Å². The highest BCUT2D eigenvalue weighted by atomic mass is 32.5. The van der Waals surface area contributed by atoms with E-state index in [1.165, 1.54) is 21.8 Å². The van der Waals surface area contributed by atoms with Gasteiger partial charge < -0.3 is 45.5 Å². The van der Waals surface area contributed by atoms with Gasteiger partial charge in [0.05, 0.1) is 25.9 Å². The Morgan fingerprint density at radius 3 is 2.36 bits per heavy atom. The minimum atomic E-state index is -5.01. The Morgan fingerprint density at radius 2 is 1.58 bits per heavy atom. The fraction of sp³-hybridized carbons (Fsp3) is 0.500. The van der Waals surface area contributed by atoms with Crippen molar-refractivity contribution in [2.45, 2.75) is 49.1 Å². The highest BCUT2D eigenvalue weighted by Gasteiger charge is 2.53. The Bertz CT molecular complexity index is 1940. The molecule has 0 radical (unpaired) electrons. The van der Waals surface area contributed by atoms with Crippen LogP contribution in [-0.2, 0) is 43.9 Å². The third-order valence-electron chi connectivity index (χ3n) is 7.32. The summed E-state index contributed by atoms with van der Waals surface area (Å²) >= 11 is 5.21. The number of imidazole rings is 2. The Kier molecular flexibility index (Phi) is 7.52. The zero-order chi connectivity index (χ0) is 31.8. The average molecular weight is 690 g/mol. The van der Waals surface area contributed by atoms with Crippen LogP contribution in [0.1, 0.15) is 12.5 Å². The summed E-state index contributed by atoms with van der Waals surface area (Å²) in [5, 5.41) is 22.3. The number of anilines is 2. The molecular weight excluding hydrogens is 666 g/mol. The lowest BCUT2D eigenvalue weighted by molar-refractivity contribution is -0.0635. The topological polar surface area (TPSA) is 313 Å². The molecule has 3 fully saturated rings. The minimum absolute atomic E-state index is 0.0608. The summed E-state index contributed by atoms with van der Waals surface area (Å²) in [7, 11) is -5.01. The van der Waals surface area contributed by atoms with Crippen LogP contribution in [0.2, 0.25) is 0 Å². The second-order valence-corrected chi connectivity index (χ2v) is 14.3. The molecule has 0 spiro atoms. The first kappa shape index (κ1) is 30.6. The molecule has 2 bridgehead atoms.